The number of nitrogens with zero attached hydrogens (tertiary/aromatic N) is 2. The summed E-state index contributed by atoms with van der Waals surface area (Å²) in [5.74, 6) is 0. The van der Waals surface area contributed by atoms with Gasteiger partial charge in [0.05, 0.1) is 15.8 Å². The summed E-state index contributed by atoms with van der Waals surface area (Å²) >= 11 is 1.12. The van der Waals surface area contributed by atoms with E-state index in [2.05, 4.69) is 4.90 Å². The van der Waals surface area contributed by atoms with Crippen LogP contribution < -0.4 is 4.80 Å². The number of halogens is 5. The van der Waals surface area contributed by atoms with E-state index in [1.165, 1.54) is 12.1 Å². The van der Waals surface area contributed by atoms with Crippen LogP contribution in [0.1, 0.15) is 30.5 Å². The van der Waals surface area contributed by atoms with Crippen molar-refractivity contribution in [3.63, 3.8) is 0 Å². The van der Waals surface area contributed by atoms with Crippen LogP contribution in [0.5, 0.6) is 0 Å². The first-order valence-corrected chi connectivity index (χ1v) is 7.64. The summed E-state index contributed by atoms with van der Waals surface area (Å²) in [6, 6.07) is 2.42. The highest BCUT2D eigenvalue weighted by molar-refractivity contribution is 7.16. The molecule has 2 aromatic rings. The Labute approximate surface area is 148 Å². The van der Waals surface area contributed by atoms with Gasteiger partial charge in [0.15, 0.2) is 4.80 Å². The number of rotatable bonds is 2. The molecule has 0 unspecified atom stereocenters. The Balaban J connectivity index is 0.00000132. The summed E-state index contributed by atoms with van der Waals surface area (Å²) in [5, 5.41) is 7.96. The van der Waals surface area contributed by atoms with E-state index < -0.39 is 11.7 Å². The van der Waals surface area contributed by atoms with Crippen LogP contribution in [-0.2, 0) is 12.7 Å². The van der Waals surface area contributed by atoms with E-state index >= 15 is 0 Å². The Kier molecular flexibility index (Phi) is 6.18. The molecule has 1 aliphatic heterocycles. The first-order chi connectivity index (χ1) is 9.82. The van der Waals surface area contributed by atoms with Crippen LogP contribution in [0.4, 0.5) is 13.2 Å². The van der Waals surface area contributed by atoms with Gasteiger partial charge in [-0.3, -0.25) is 10.3 Å². The zero-order valence-electron chi connectivity index (χ0n) is 12.6. The number of thiazole rings is 1. The smallest absolute Gasteiger partial charge is 0.317 e. The maximum Gasteiger partial charge on any atom is 0.416 e. The van der Waals surface area contributed by atoms with Gasteiger partial charge in [0.1, 0.15) is 0 Å². The van der Waals surface area contributed by atoms with Crippen molar-refractivity contribution in [1.82, 2.24) is 9.47 Å². The van der Waals surface area contributed by atoms with E-state index in [-0.39, 0.29) is 30.9 Å². The maximum absolute atomic E-state index is 13.1. The molecule has 130 valence electrons. The number of nitrogens with one attached hydrogen (secondary N) is 1. The Morgan fingerprint density at radius 2 is 2.00 bits per heavy atom. The molecule has 1 atom stereocenters. The Morgan fingerprint density at radius 1 is 1.35 bits per heavy atom. The van der Waals surface area contributed by atoms with Gasteiger partial charge >= 0.3 is 6.18 Å². The molecule has 0 aliphatic carbocycles. The van der Waals surface area contributed by atoms with Crippen LogP contribution in [0, 0.1) is 5.41 Å². The van der Waals surface area contributed by atoms with Gasteiger partial charge in [0.2, 0.25) is 0 Å². The summed E-state index contributed by atoms with van der Waals surface area (Å²) < 4.78 is 41.7. The number of hydrogen-bond donors (Lipinski definition) is 1. The molecule has 0 amide bonds. The SMILES string of the molecule is CCN(C)[C@@H]1CCn2c(=N)sc3cc(C(F)(F)F)cc1c32.Cl.Cl. The van der Waals surface area contributed by atoms with Crippen LogP contribution in [0.3, 0.4) is 0 Å². The summed E-state index contributed by atoms with van der Waals surface area (Å²) in [6.45, 7) is 3.46. The van der Waals surface area contributed by atoms with Crippen LogP contribution in [0.2, 0.25) is 0 Å². The average Bonchev–Trinajstić information content (AvgIpc) is 2.75. The molecule has 1 aliphatic rings. The minimum Gasteiger partial charge on any atom is -0.317 e. The third-order valence-corrected chi connectivity index (χ3v) is 5.11. The topological polar surface area (TPSA) is 32.0 Å². The van der Waals surface area contributed by atoms with Gasteiger partial charge in [-0.05, 0) is 37.7 Å². The van der Waals surface area contributed by atoms with Crippen molar-refractivity contribution in [1.29, 1.82) is 5.41 Å². The fourth-order valence-corrected chi connectivity index (χ4v) is 3.98. The quantitative estimate of drug-likeness (QED) is 0.811. The molecule has 3 rings (SSSR count). The number of aromatic nitrogens is 1. The van der Waals surface area contributed by atoms with E-state index in [4.69, 9.17) is 5.41 Å². The van der Waals surface area contributed by atoms with Crippen LogP contribution in [0.15, 0.2) is 12.1 Å². The first-order valence-electron chi connectivity index (χ1n) is 6.82. The van der Waals surface area contributed by atoms with Gasteiger partial charge in [0, 0.05) is 12.6 Å². The van der Waals surface area contributed by atoms with Crippen molar-refractivity contribution >= 4 is 46.4 Å². The van der Waals surface area contributed by atoms with Crippen molar-refractivity contribution in [2.75, 3.05) is 13.6 Å². The third-order valence-electron chi connectivity index (χ3n) is 4.17. The first kappa shape index (κ1) is 20.3. The van der Waals surface area contributed by atoms with Gasteiger partial charge in [-0.2, -0.15) is 13.2 Å². The van der Waals surface area contributed by atoms with Crippen molar-refractivity contribution in [3.8, 4) is 0 Å². The maximum atomic E-state index is 13.1. The van der Waals surface area contributed by atoms with Crippen molar-refractivity contribution in [2.45, 2.75) is 32.1 Å². The van der Waals surface area contributed by atoms with Crippen molar-refractivity contribution < 1.29 is 13.2 Å². The van der Waals surface area contributed by atoms with Gasteiger partial charge < -0.3 is 4.57 Å². The molecule has 0 saturated carbocycles. The highest BCUT2D eigenvalue weighted by Crippen LogP contribution is 2.40. The van der Waals surface area contributed by atoms with E-state index in [0.29, 0.717) is 21.6 Å². The largest absolute Gasteiger partial charge is 0.416 e. The molecule has 0 saturated heterocycles. The van der Waals surface area contributed by atoms with Crippen LogP contribution >= 0.6 is 36.2 Å². The third kappa shape index (κ3) is 3.38. The van der Waals surface area contributed by atoms with E-state index in [0.717, 1.165) is 29.8 Å². The number of alkyl halides is 3. The summed E-state index contributed by atoms with van der Waals surface area (Å²) in [7, 11) is 1.93. The monoisotopic (exact) mass is 387 g/mol. The van der Waals surface area contributed by atoms with E-state index in [9.17, 15) is 13.2 Å². The molecule has 0 spiro atoms. The normalized spacial score (nSPS) is 17.0. The van der Waals surface area contributed by atoms with Crippen LogP contribution in [-0.4, -0.2) is 23.1 Å². The van der Waals surface area contributed by atoms with Gasteiger partial charge in [-0.25, -0.2) is 0 Å². The molecule has 0 fully saturated rings. The Morgan fingerprint density at radius 3 is 2.57 bits per heavy atom. The minimum atomic E-state index is -4.35. The molecular weight excluding hydrogens is 370 g/mol. The predicted octanol–water partition coefficient (Wildman–Crippen LogP) is 4.44. The lowest BCUT2D eigenvalue weighted by atomic mass is 9.95. The zero-order chi connectivity index (χ0) is 15.4. The molecule has 1 aromatic heterocycles. The van der Waals surface area contributed by atoms with E-state index in [1.54, 1.807) is 0 Å². The fraction of sp³-hybridized carbons (Fsp3) is 0.500. The number of aryl methyl sites for hydroxylation is 1. The molecule has 2 heterocycles. The molecule has 1 aromatic carbocycles. The molecule has 1 N–H and O–H groups in total. The Bertz CT molecular complexity index is 754. The second kappa shape index (κ2) is 7.01. The summed E-state index contributed by atoms with van der Waals surface area (Å²) in [6.07, 6.45) is -3.62. The van der Waals surface area contributed by atoms with Gasteiger partial charge in [0.25, 0.3) is 0 Å². The lowest BCUT2D eigenvalue weighted by molar-refractivity contribution is -0.137. The van der Waals surface area contributed by atoms with Crippen molar-refractivity contribution in [3.05, 3.63) is 28.1 Å². The second-order valence-electron chi connectivity index (χ2n) is 5.35. The standard InChI is InChI=1S/C14H16F3N3S.2ClH/c1-3-19(2)10-4-5-20-12-9(10)6-8(14(15,16)17)7-11(12)21-13(20)18;;/h6-7,10,18H,3-5H2,1-2H3;2*1H/t10-;;/m1../s1. The highest BCUT2D eigenvalue weighted by atomic mass is 35.5. The lowest BCUT2D eigenvalue weighted by Crippen LogP contribution is -2.30. The summed E-state index contributed by atoms with van der Waals surface area (Å²) in [4.78, 5) is 2.39. The molecule has 9 heteroatoms. The molecule has 23 heavy (non-hydrogen) atoms. The summed E-state index contributed by atoms with van der Waals surface area (Å²) in [5.41, 5.74) is 0.884. The van der Waals surface area contributed by atoms with Crippen LogP contribution in [0.25, 0.3) is 10.2 Å². The number of hydrogen-bond acceptors (Lipinski definition) is 3. The molecular formula is C14H18Cl2F3N3S. The molecule has 3 nitrogen and oxygen atoms in total. The van der Waals surface area contributed by atoms with Gasteiger partial charge in [-0.15, -0.1) is 24.8 Å². The highest BCUT2D eigenvalue weighted by Gasteiger charge is 2.34. The Hall–Kier alpha value is -0.760. The minimum absolute atomic E-state index is 0. The number of benzene rings is 1. The van der Waals surface area contributed by atoms with E-state index in [1.807, 2.05) is 18.5 Å². The second-order valence-corrected chi connectivity index (χ2v) is 6.38. The molecule has 0 radical (unpaired) electrons. The fourth-order valence-electron chi connectivity index (χ4n) is 2.97. The van der Waals surface area contributed by atoms with Crippen molar-refractivity contribution in [2.24, 2.45) is 0 Å². The zero-order valence-corrected chi connectivity index (χ0v) is 15.1. The lowest BCUT2D eigenvalue weighted by Gasteiger charge is -2.32. The predicted molar refractivity (Wildman–Crippen MR) is 90.8 cm³/mol. The van der Waals surface area contributed by atoms with Gasteiger partial charge in [-0.1, -0.05) is 18.3 Å². The average molecular weight is 388 g/mol. The molecule has 0 bridgehead atoms.